The molecule has 5 heterocycles. The first-order valence-corrected chi connectivity index (χ1v) is 19.4. The molecule has 0 saturated carbocycles. The van der Waals surface area contributed by atoms with Gasteiger partial charge in [0.05, 0.1) is 28.5 Å². The minimum atomic E-state index is -0.342. The van der Waals surface area contributed by atoms with E-state index in [4.69, 9.17) is 20.9 Å². The Morgan fingerprint density at radius 2 is 1.39 bits per heavy atom. The van der Waals surface area contributed by atoms with Crippen molar-refractivity contribution in [1.29, 1.82) is 10.8 Å². The van der Waals surface area contributed by atoms with Gasteiger partial charge in [-0.3, -0.25) is 10.8 Å². The summed E-state index contributed by atoms with van der Waals surface area (Å²) >= 11 is 2.75. The van der Waals surface area contributed by atoms with Crippen molar-refractivity contribution >= 4 is 60.4 Å². The van der Waals surface area contributed by atoms with E-state index in [1.54, 1.807) is 11.3 Å². The van der Waals surface area contributed by atoms with Gasteiger partial charge in [0.1, 0.15) is 26.9 Å². The number of dihydropyridines is 1. The summed E-state index contributed by atoms with van der Waals surface area (Å²) in [6.45, 7) is 0. The molecule has 0 bridgehead atoms. The summed E-state index contributed by atoms with van der Waals surface area (Å²) in [4.78, 5) is 9.20. The summed E-state index contributed by atoms with van der Waals surface area (Å²) in [6, 6.07) is 34.5. The minimum Gasteiger partial charge on any atom is -0.372 e. The Morgan fingerprint density at radius 3 is 2.19 bits per heavy atom. The molecule has 0 radical (unpaired) electrons. The van der Waals surface area contributed by atoms with E-state index in [0.29, 0.717) is 10.7 Å². The molecule has 6 aromatic rings. The van der Waals surface area contributed by atoms with Gasteiger partial charge in [-0.05, 0) is 39.8 Å². The van der Waals surface area contributed by atoms with E-state index < -0.39 is 0 Å². The number of nitrogens with one attached hydrogen (secondary N) is 3. The average Bonchev–Trinajstić information content (AvgIpc) is 3.71. The van der Waals surface area contributed by atoms with Gasteiger partial charge in [0.25, 0.3) is 0 Å². The minimum absolute atomic E-state index is 0.0948. The molecule has 54 heavy (non-hydrogen) atoms. The molecular formula is C44H36N8S2. The highest BCUT2D eigenvalue weighted by atomic mass is 32.2. The molecule has 0 saturated heterocycles. The third kappa shape index (κ3) is 6.13. The number of hydrogen-bond donors (Lipinski definition) is 3. The lowest BCUT2D eigenvalue weighted by Crippen LogP contribution is -2.44. The van der Waals surface area contributed by atoms with Gasteiger partial charge < -0.3 is 15.1 Å². The van der Waals surface area contributed by atoms with Crippen molar-refractivity contribution in [1.82, 2.24) is 30.3 Å². The largest absolute Gasteiger partial charge is 0.372 e. The lowest BCUT2D eigenvalue weighted by molar-refractivity contribution is 0.227. The number of fused-ring (bicyclic) bond motifs is 2. The van der Waals surface area contributed by atoms with Crippen molar-refractivity contribution in [2.75, 3.05) is 14.1 Å². The molecule has 3 N–H and O–H groups in total. The van der Waals surface area contributed by atoms with Crippen LogP contribution in [0.15, 0.2) is 157 Å². The highest BCUT2D eigenvalue weighted by molar-refractivity contribution is 8.26. The van der Waals surface area contributed by atoms with Gasteiger partial charge >= 0.3 is 0 Å². The molecule has 3 atom stereocenters. The Morgan fingerprint density at radius 1 is 0.722 bits per heavy atom. The normalized spacial score (nSPS) is 19.2. The molecule has 2 aromatic heterocycles. The maximum absolute atomic E-state index is 9.15. The van der Waals surface area contributed by atoms with Crippen LogP contribution in [0.1, 0.15) is 33.4 Å². The summed E-state index contributed by atoms with van der Waals surface area (Å²) in [5, 5.41) is 38.2. The Bertz CT molecular complexity index is 2620. The zero-order chi connectivity index (χ0) is 36.8. The van der Waals surface area contributed by atoms with Crippen LogP contribution in [0.25, 0.3) is 38.5 Å². The summed E-state index contributed by atoms with van der Waals surface area (Å²) in [7, 11) is 4.08. The summed E-state index contributed by atoms with van der Waals surface area (Å²) in [5.74, 6) is 0.997. The Labute approximate surface area is 322 Å². The molecule has 264 valence electrons. The van der Waals surface area contributed by atoms with Crippen molar-refractivity contribution in [3.05, 3.63) is 178 Å². The molecule has 3 aliphatic rings. The van der Waals surface area contributed by atoms with Crippen LogP contribution >= 0.6 is 23.1 Å². The van der Waals surface area contributed by atoms with E-state index >= 15 is 0 Å². The molecular weight excluding hydrogens is 705 g/mol. The maximum atomic E-state index is 9.15. The zero-order valence-electron chi connectivity index (χ0n) is 29.6. The van der Waals surface area contributed by atoms with Crippen LogP contribution in [-0.2, 0) is 0 Å². The summed E-state index contributed by atoms with van der Waals surface area (Å²) in [5.41, 5.74) is 5.67. The SMILES string of the molecule is CN1C2=C(C=CC1C(=N)SC(=N)c1cccc(-c3cccc4ccccc34)n1)C=CC(c1nnc(C3C=CC=C(c4cccc5ccccc45)N3)s1)N2C. The number of aromatic nitrogens is 3. The summed E-state index contributed by atoms with van der Waals surface area (Å²) < 4.78 is 0. The standard InChI is InChI=1S/C44H36N8S2/c1-51-38(41(46)53-40(45)36-21-9-19-34(47-36)32-17-7-13-27-11-3-5-15-30(27)32)25-23-29-24-26-39(52(2)44(29)51)43-50-49-42(54-43)37-22-10-20-35(48-37)33-18-8-14-28-12-4-6-16-31(28)33/h3-26,37-39,45-46,48H,1-2H3. The van der Waals surface area contributed by atoms with E-state index in [1.165, 1.54) is 10.8 Å². The van der Waals surface area contributed by atoms with Gasteiger partial charge in [-0.2, -0.15) is 0 Å². The van der Waals surface area contributed by atoms with E-state index in [-0.39, 0.29) is 23.2 Å². The predicted molar refractivity (Wildman–Crippen MR) is 224 cm³/mol. The lowest BCUT2D eigenvalue weighted by Gasteiger charge is -2.42. The number of hydrogen-bond acceptors (Lipinski definition) is 10. The highest BCUT2D eigenvalue weighted by Gasteiger charge is 2.34. The number of allylic oxidation sites excluding steroid dienone is 5. The van der Waals surface area contributed by atoms with Gasteiger partial charge in [-0.1, -0.05) is 151 Å². The number of rotatable bonds is 6. The Hall–Kier alpha value is -6.10. The van der Waals surface area contributed by atoms with Crippen LogP contribution in [0, 0.1) is 10.8 Å². The molecule has 9 rings (SSSR count). The fraction of sp³-hybridized carbons (Fsp3) is 0.114. The summed E-state index contributed by atoms with van der Waals surface area (Å²) in [6.07, 6.45) is 14.7. The third-order valence-electron chi connectivity index (χ3n) is 10.1. The van der Waals surface area contributed by atoms with Crippen molar-refractivity contribution in [2.45, 2.75) is 18.1 Å². The highest BCUT2D eigenvalue weighted by Crippen LogP contribution is 2.39. The zero-order valence-corrected chi connectivity index (χ0v) is 31.3. The molecule has 0 fully saturated rings. The van der Waals surface area contributed by atoms with Crippen molar-refractivity contribution in [3.63, 3.8) is 0 Å². The molecule has 3 unspecified atom stereocenters. The number of likely N-dealkylation sites (N-methyl/N-ethyl adjacent to an activating group) is 2. The first kappa shape index (κ1) is 33.7. The molecule has 0 spiro atoms. The monoisotopic (exact) mass is 740 g/mol. The van der Waals surface area contributed by atoms with E-state index in [1.807, 2.05) is 49.5 Å². The third-order valence-corrected chi connectivity index (χ3v) is 12.1. The number of nitrogens with zero attached hydrogens (tertiary/aromatic N) is 5. The van der Waals surface area contributed by atoms with E-state index in [2.05, 4.69) is 130 Å². The second-order valence-corrected chi connectivity index (χ2v) is 15.5. The molecule has 0 amide bonds. The van der Waals surface area contributed by atoms with Gasteiger partial charge in [0.15, 0.2) is 0 Å². The smallest absolute Gasteiger partial charge is 0.144 e. The van der Waals surface area contributed by atoms with E-state index in [0.717, 1.165) is 66.5 Å². The van der Waals surface area contributed by atoms with Gasteiger partial charge in [0, 0.05) is 36.5 Å². The maximum Gasteiger partial charge on any atom is 0.144 e. The van der Waals surface area contributed by atoms with Crippen molar-refractivity contribution in [3.8, 4) is 11.3 Å². The van der Waals surface area contributed by atoms with Crippen LogP contribution in [0.3, 0.4) is 0 Å². The van der Waals surface area contributed by atoms with Crippen molar-refractivity contribution < 1.29 is 0 Å². The second kappa shape index (κ2) is 14.0. The molecule has 0 aliphatic carbocycles. The Kier molecular flexibility index (Phi) is 8.76. The number of thioether (sulfide) groups is 1. The number of benzene rings is 4. The first-order chi connectivity index (χ1) is 26.4. The van der Waals surface area contributed by atoms with Crippen LogP contribution in [-0.4, -0.2) is 55.2 Å². The Balaban J connectivity index is 0.887. The molecule has 10 heteroatoms. The van der Waals surface area contributed by atoms with E-state index in [9.17, 15) is 0 Å². The quantitative estimate of drug-likeness (QED) is 0.115. The van der Waals surface area contributed by atoms with Gasteiger partial charge in [-0.25, -0.2) is 4.98 Å². The average molecular weight is 741 g/mol. The van der Waals surface area contributed by atoms with Crippen molar-refractivity contribution in [2.24, 2.45) is 0 Å². The van der Waals surface area contributed by atoms with Crippen LogP contribution < -0.4 is 5.32 Å². The first-order valence-electron chi connectivity index (χ1n) is 17.8. The number of pyridine rings is 1. The second-order valence-electron chi connectivity index (χ2n) is 13.4. The molecule has 3 aliphatic heterocycles. The predicted octanol–water partition coefficient (Wildman–Crippen LogP) is 9.51. The van der Waals surface area contributed by atoms with Crippen LogP contribution in [0.5, 0.6) is 0 Å². The fourth-order valence-electron chi connectivity index (χ4n) is 7.46. The topological polar surface area (TPSA) is 105 Å². The van der Waals surface area contributed by atoms with Gasteiger partial charge in [-0.15, -0.1) is 10.2 Å². The molecule has 8 nitrogen and oxygen atoms in total. The van der Waals surface area contributed by atoms with Crippen LogP contribution in [0.4, 0.5) is 0 Å². The fourth-order valence-corrected chi connectivity index (χ4v) is 9.25. The van der Waals surface area contributed by atoms with Gasteiger partial charge in [0.2, 0.25) is 0 Å². The molecule has 4 aromatic carbocycles. The lowest BCUT2D eigenvalue weighted by atomic mass is 10.00. The van der Waals surface area contributed by atoms with Crippen LogP contribution in [0.2, 0.25) is 0 Å².